The van der Waals surface area contributed by atoms with Gasteiger partial charge >= 0.3 is 0 Å². The summed E-state index contributed by atoms with van der Waals surface area (Å²) in [6, 6.07) is 20.5. The van der Waals surface area contributed by atoms with Crippen LogP contribution in [0.2, 0.25) is 0 Å². The average Bonchev–Trinajstić information content (AvgIpc) is 3.08. The van der Waals surface area contributed by atoms with E-state index in [-0.39, 0.29) is 6.04 Å². The third kappa shape index (κ3) is 3.36. The van der Waals surface area contributed by atoms with Crippen molar-refractivity contribution in [1.82, 2.24) is 0 Å². The molecule has 0 fully saturated rings. The fourth-order valence-electron chi connectivity index (χ4n) is 3.53. The van der Waals surface area contributed by atoms with E-state index in [0.717, 1.165) is 24.3 Å². The quantitative estimate of drug-likeness (QED) is 0.540. The zero-order valence-electron chi connectivity index (χ0n) is 14.9. The number of nitrogens with zero attached hydrogens (tertiary/aromatic N) is 1. The second-order valence-electron chi connectivity index (χ2n) is 6.72. The first-order chi connectivity index (χ1) is 12.7. The lowest BCUT2D eigenvalue weighted by Gasteiger charge is -2.13. The number of aryl methyl sites for hydroxylation is 2. The lowest BCUT2D eigenvalue weighted by Crippen LogP contribution is -2.26. The number of guanidine groups is 1. The lowest BCUT2D eigenvalue weighted by molar-refractivity contribution is 0.297. The zero-order valence-corrected chi connectivity index (χ0v) is 14.9. The lowest BCUT2D eigenvalue weighted by atomic mass is 10.0. The Morgan fingerprint density at radius 3 is 2.62 bits per heavy atom. The normalized spacial score (nSPS) is 14.4. The first-order valence-electron chi connectivity index (χ1n) is 9.02. The molecule has 0 amide bonds. The smallest absolute Gasteiger partial charge is 0.193 e. The summed E-state index contributed by atoms with van der Waals surface area (Å²) in [6.07, 6.45) is 2.24. The molecule has 0 aliphatic heterocycles. The Balaban J connectivity index is 1.47. The highest BCUT2D eigenvalue weighted by molar-refractivity contribution is 6.05. The summed E-state index contributed by atoms with van der Waals surface area (Å²) in [5.41, 5.74) is 9.98. The number of nitrogens with one attached hydrogen (secondary N) is 1. The van der Waals surface area contributed by atoms with Crippen LogP contribution >= 0.6 is 0 Å². The number of aliphatic imine (C=N–C) groups is 1. The largest absolute Gasteiger partial charge is 0.491 e. The van der Waals surface area contributed by atoms with Crippen molar-refractivity contribution in [2.24, 2.45) is 10.7 Å². The van der Waals surface area contributed by atoms with E-state index in [9.17, 15) is 0 Å². The fourth-order valence-corrected chi connectivity index (χ4v) is 3.53. The van der Waals surface area contributed by atoms with Gasteiger partial charge in [-0.15, -0.1) is 0 Å². The van der Waals surface area contributed by atoms with Crippen LogP contribution in [0.5, 0.6) is 5.75 Å². The highest BCUT2D eigenvalue weighted by Crippen LogP contribution is 2.34. The van der Waals surface area contributed by atoms with E-state index in [0.29, 0.717) is 12.6 Å². The van der Waals surface area contributed by atoms with Gasteiger partial charge in [0.2, 0.25) is 0 Å². The molecule has 0 aromatic heterocycles. The van der Waals surface area contributed by atoms with Crippen molar-refractivity contribution in [1.29, 1.82) is 0 Å². The molecule has 1 unspecified atom stereocenters. The second-order valence-corrected chi connectivity index (χ2v) is 6.72. The highest BCUT2D eigenvalue weighted by Gasteiger charge is 2.16. The van der Waals surface area contributed by atoms with Crippen molar-refractivity contribution < 1.29 is 4.74 Å². The molecule has 0 saturated carbocycles. The maximum Gasteiger partial charge on any atom is 0.193 e. The maximum atomic E-state index is 6.14. The van der Waals surface area contributed by atoms with Gasteiger partial charge in [-0.2, -0.15) is 0 Å². The summed E-state index contributed by atoms with van der Waals surface area (Å²) in [7, 11) is 0. The van der Waals surface area contributed by atoms with Crippen LogP contribution in [0.4, 0.5) is 5.69 Å². The van der Waals surface area contributed by atoms with E-state index in [1.807, 2.05) is 37.3 Å². The predicted octanol–water partition coefficient (Wildman–Crippen LogP) is 4.13. The van der Waals surface area contributed by atoms with Crippen molar-refractivity contribution >= 4 is 22.4 Å². The van der Waals surface area contributed by atoms with Crippen LogP contribution in [0.15, 0.2) is 65.7 Å². The highest BCUT2D eigenvalue weighted by atomic mass is 16.5. The van der Waals surface area contributed by atoms with Crippen LogP contribution in [0.3, 0.4) is 0 Å². The minimum Gasteiger partial charge on any atom is -0.491 e. The minimum absolute atomic E-state index is 0.0421. The number of hydrogen-bond acceptors (Lipinski definition) is 2. The van der Waals surface area contributed by atoms with E-state index >= 15 is 0 Å². The SMILES string of the molecule is CC(COc1ccccc1)N=C(N)Nc1ccc2c3c(cccc13)CC2. The summed E-state index contributed by atoms with van der Waals surface area (Å²) in [6.45, 7) is 2.47. The van der Waals surface area contributed by atoms with E-state index in [1.165, 1.54) is 21.9 Å². The summed E-state index contributed by atoms with van der Waals surface area (Å²) < 4.78 is 5.74. The molecule has 0 heterocycles. The molecule has 1 aliphatic rings. The Kier molecular flexibility index (Phi) is 4.48. The van der Waals surface area contributed by atoms with Gasteiger partial charge in [0.05, 0.1) is 6.04 Å². The Morgan fingerprint density at radius 1 is 1.04 bits per heavy atom. The van der Waals surface area contributed by atoms with Crippen molar-refractivity contribution in [2.45, 2.75) is 25.8 Å². The fraction of sp³-hybridized carbons (Fsp3) is 0.227. The van der Waals surface area contributed by atoms with Gasteiger partial charge in [-0.05, 0) is 54.5 Å². The van der Waals surface area contributed by atoms with Gasteiger partial charge in [0.1, 0.15) is 12.4 Å². The van der Waals surface area contributed by atoms with Crippen LogP contribution in [0, 0.1) is 0 Å². The molecular weight excluding hydrogens is 322 g/mol. The van der Waals surface area contributed by atoms with Crippen molar-refractivity contribution in [3.05, 3.63) is 71.8 Å². The van der Waals surface area contributed by atoms with E-state index in [4.69, 9.17) is 10.5 Å². The molecule has 1 aliphatic carbocycles. The third-order valence-corrected chi connectivity index (χ3v) is 4.73. The van der Waals surface area contributed by atoms with Gasteiger partial charge in [-0.1, -0.05) is 42.5 Å². The molecule has 26 heavy (non-hydrogen) atoms. The number of hydrogen-bond donors (Lipinski definition) is 2. The Hall–Kier alpha value is -3.01. The Morgan fingerprint density at radius 2 is 1.81 bits per heavy atom. The first-order valence-corrected chi connectivity index (χ1v) is 9.02. The summed E-state index contributed by atoms with van der Waals surface area (Å²) in [4.78, 5) is 4.51. The molecule has 3 aromatic rings. The van der Waals surface area contributed by atoms with Crippen LogP contribution in [-0.4, -0.2) is 18.6 Å². The molecule has 4 heteroatoms. The van der Waals surface area contributed by atoms with Crippen molar-refractivity contribution in [2.75, 3.05) is 11.9 Å². The third-order valence-electron chi connectivity index (χ3n) is 4.73. The average molecular weight is 345 g/mol. The predicted molar refractivity (Wildman–Crippen MR) is 108 cm³/mol. The van der Waals surface area contributed by atoms with Gasteiger partial charge in [0.15, 0.2) is 5.96 Å². The number of benzene rings is 3. The van der Waals surface area contributed by atoms with Gasteiger partial charge < -0.3 is 15.8 Å². The van der Waals surface area contributed by atoms with Crippen LogP contribution in [-0.2, 0) is 12.8 Å². The van der Waals surface area contributed by atoms with Gasteiger partial charge in [0, 0.05) is 11.1 Å². The molecule has 0 saturated heterocycles. The molecule has 0 spiro atoms. The van der Waals surface area contributed by atoms with E-state index < -0.39 is 0 Å². The van der Waals surface area contributed by atoms with Crippen molar-refractivity contribution in [3.63, 3.8) is 0 Å². The molecule has 4 rings (SSSR count). The van der Waals surface area contributed by atoms with E-state index in [1.54, 1.807) is 0 Å². The molecule has 4 nitrogen and oxygen atoms in total. The van der Waals surface area contributed by atoms with Crippen LogP contribution in [0.25, 0.3) is 10.8 Å². The van der Waals surface area contributed by atoms with E-state index in [2.05, 4.69) is 40.6 Å². The standard InChI is InChI=1S/C22H23N3O/c1-15(14-26-18-7-3-2-4-8-18)24-22(23)25-20-13-12-17-11-10-16-6-5-9-19(20)21(16)17/h2-9,12-13,15H,10-11,14H2,1H3,(H3,23,24,25). The monoisotopic (exact) mass is 345 g/mol. The summed E-state index contributed by atoms with van der Waals surface area (Å²) >= 11 is 0. The second kappa shape index (κ2) is 7.08. The molecule has 132 valence electrons. The molecule has 3 N–H and O–H groups in total. The number of nitrogens with two attached hydrogens (primary N) is 1. The summed E-state index contributed by atoms with van der Waals surface area (Å²) in [5.74, 6) is 1.25. The molecular formula is C22H23N3O. The Bertz CT molecular complexity index is 940. The first kappa shape index (κ1) is 16.5. The summed E-state index contributed by atoms with van der Waals surface area (Å²) in [5, 5.41) is 5.85. The molecule has 3 aromatic carbocycles. The number of anilines is 1. The molecule has 1 atom stereocenters. The van der Waals surface area contributed by atoms with Crippen LogP contribution in [0.1, 0.15) is 18.1 Å². The van der Waals surface area contributed by atoms with Crippen LogP contribution < -0.4 is 15.8 Å². The van der Waals surface area contributed by atoms with Crippen molar-refractivity contribution in [3.8, 4) is 5.75 Å². The zero-order chi connectivity index (χ0) is 17.9. The number of rotatable bonds is 5. The number of ether oxygens (including phenoxy) is 1. The topological polar surface area (TPSA) is 59.6 Å². The Labute approximate surface area is 153 Å². The maximum absolute atomic E-state index is 6.14. The molecule has 0 bridgehead atoms. The van der Waals surface area contributed by atoms with Gasteiger partial charge in [-0.25, -0.2) is 4.99 Å². The van der Waals surface area contributed by atoms with Gasteiger partial charge in [0.25, 0.3) is 0 Å². The minimum atomic E-state index is -0.0421. The number of para-hydroxylation sites is 1. The molecule has 0 radical (unpaired) electrons. The van der Waals surface area contributed by atoms with Gasteiger partial charge in [-0.3, -0.25) is 0 Å².